The van der Waals surface area contributed by atoms with E-state index in [2.05, 4.69) is 5.32 Å². The van der Waals surface area contributed by atoms with E-state index in [0.717, 1.165) is 23.3 Å². The number of rotatable bonds is 7. The molecule has 3 nitrogen and oxygen atoms in total. The van der Waals surface area contributed by atoms with Crippen molar-refractivity contribution in [2.45, 2.75) is 19.8 Å². The van der Waals surface area contributed by atoms with Crippen LogP contribution in [-0.2, 0) is 11.2 Å². The van der Waals surface area contributed by atoms with Gasteiger partial charge in [0.1, 0.15) is 11.6 Å². The average Bonchev–Trinajstić information content (AvgIpc) is 2.49. The zero-order valence-corrected chi connectivity index (χ0v) is 12.6. The topological polar surface area (TPSA) is 38.3 Å². The van der Waals surface area contributed by atoms with Gasteiger partial charge in [0.15, 0.2) is 0 Å². The highest BCUT2D eigenvalue weighted by molar-refractivity contribution is 5.78. The summed E-state index contributed by atoms with van der Waals surface area (Å²) in [6.07, 6.45) is 1.00. The molecule has 0 unspecified atom stereocenters. The van der Waals surface area contributed by atoms with Crippen LogP contribution >= 0.6 is 0 Å². The van der Waals surface area contributed by atoms with E-state index < -0.39 is 0 Å². The molecule has 0 spiro atoms. The highest BCUT2D eigenvalue weighted by Crippen LogP contribution is 2.12. The molecule has 22 heavy (non-hydrogen) atoms. The Hall–Kier alpha value is -2.36. The van der Waals surface area contributed by atoms with Gasteiger partial charge in [-0.15, -0.1) is 0 Å². The molecule has 0 bridgehead atoms. The van der Waals surface area contributed by atoms with Crippen molar-refractivity contribution in [2.24, 2.45) is 0 Å². The predicted octanol–water partition coefficient (Wildman–Crippen LogP) is 3.26. The zero-order chi connectivity index (χ0) is 15.8. The molecule has 0 atom stereocenters. The molecular weight excluding hydrogens is 281 g/mol. The summed E-state index contributed by atoms with van der Waals surface area (Å²) < 4.78 is 18.4. The molecule has 0 radical (unpaired) electrons. The van der Waals surface area contributed by atoms with Crippen LogP contribution in [0.1, 0.15) is 17.5 Å². The maximum atomic E-state index is 12.8. The van der Waals surface area contributed by atoms with Gasteiger partial charge in [-0.3, -0.25) is 4.79 Å². The molecule has 0 saturated carbocycles. The lowest BCUT2D eigenvalue weighted by Gasteiger charge is -2.08. The summed E-state index contributed by atoms with van der Waals surface area (Å²) in [5.41, 5.74) is 1.96. The van der Waals surface area contributed by atoms with E-state index in [0.29, 0.717) is 13.2 Å². The molecule has 0 aliphatic rings. The van der Waals surface area contributed by atoms with E-state index >= 15 is 0 Å². The van der Waals surface area contributed by atoms with Crippen LogP contribution in [0.5, 0.6) is 5.75 Å². The summed E-state index contributed by atoms with van der Waals surface area (Å²) in [7, 11) is 0. The Bertz CT molecular complexity index is 611. The van der Waals surface area contributed by atoms with E-state index in [1.807, 2.05) is 31.2 Å². The fraction of sp³-hybridized carbons (Fsp3) is 0.278. The number of carbonyl (C=O) groups excluding carboxylic acids is 1. The summed E-state index contributed by atoms with van der Waals surface area (Å²) in [4.78, 5) is 11.7. The lowest BCUT2D eigenvalue weighted by atomic mass is 10.1. The van der Waals surface area contributed by atoms with Crippen molar-refractivity contribution in [2.75, 3.05) is 13.2 Å². The Labute approximate surface area is 130 Å². The van der Waals surface area contributed by atoms with Gasteiger partial charge in [-0.05, 0) is 48.7 Å². The molecule has 2 aromatic rings. The first-order valence-electron chi connectivity index (χ1n) is 7.34. The maximum absolute atomic E-state index is 12.8. The van der Waals surface area contributed by atoms with Crippen LogP contribution in [0.25, 0.3) is 0 Å². The van der Waals surface area contributed by atoms with Crippen LogP contribution in [-0.4, -0.2) is 19.1 Å². The van der Waals surface area contributed by atoms with Crippen molar-refractivity contribution >= 4 is 5.91 Å². The molecule has 0 fully saturated rings. The summed E-state index contributed by atoms with van der Waals surface area (Å²) >= 11 is 0. The van der Waals surface area contributed by atoms with Gasteiger partial charge < -0.3 is 10.1 Å². The average molecular weight is 301 g/mol. The lowest BCUT2D eigenvalue weighted by Crippen LogP contribution is -2.27. The summed E-state index contributed by atoms with van der Waals surface area (Å²) in [6, 6.07) is 13.8. The Morgan fingerprint density at radius 2 is 1.95 bits per heavy atom. The first-order valence-corrected chi connectivity index (χ1v) is 7.34. The SMILES string of the molecule is Cc1cccc(OCCCNC(=O)Cc2ccc(F)cc2)c1. The minimum absolute atomic E-state index is 0.0674. The Kier molecular flexibility index (Phi) is 5.95. The van der Waals surface area contributed by atoms with Crippen LogP contribution in [0.3, 0.4) is 0 Å². The van der Waals surface area contributed by atoms with Crippen molar-refractivity contribution in [3.8, 4) is 5.75 Å². The fourth-order valence-corrected chi connectivity index (χ4v) is 2.05. The third-order valence-corrected chi connectivity index (χ3v) is 3.18. The quantitative estimate of drug-likeness (QED) is 0.797. The van der Waals surface area contributed by atoms with Gasteiger partial charge in [-0.1, -0.05) is 24.3 Å². The van der Waals surface area contributed by atoms with Gasteiger partial charge >= 0.3 is 0 Å². The number of hydrogen-bond acceptors (Lipinski definition) is 2. The smallest absolute Gasteiger partial charge is 0.224 e. The van der Waals surface area contributed by atoms with Crippen LogP contribution in [0.15, 0.2) is 48.5 Å². The zero-order valence-electron chi connectivity index (χ0n) is 12.6. The Morgan fingerprint density at radius 1 is 1.18 bits per heavy atom. The standard InChI is InChI=1S/C18H20FNO2/c1-14-4-2-5-17(12-14)22-11-3-10-20-18(21)13-15-6-8-16(19)9-7-15/h2,4-9,12H,3,10-11,13H2,1H3,(H,20,21). The Morgan fingerprint density at radius 3 is 2.68 bits per heavy atom. The van der Waals surface area contributed by atoms with Crippen LogP contribution < -0.4 is 10.1 Å². The van der Waals surface area contributed by atoms with Gasteiger partial charge in [-0.2, -0.15) is 0 Å². The number of ether oxygens (including phenoxy) is 1. The maximum Gasteiger partial charge on any atom is 0.224 e. The lowest BCUT2D eigenvalue weighted by molar-refractivity contribution is -0.120. The number of carbonyl (C=O) groups is 1. The van der Waals surface area contributed by atoms with Crippen LogP contribution in [0.2, 0.25) is 0 Å². The number of nitrogens with one attached hydrogen (secondary N) is 1. The normalized spacial score (nSPS) is 10.3. The largest absolute Gasteiger partial charge is 0.494 e. The van der Waals surface area contributed by atoms with Crippen molar-refractivity contribution in [1.82, 2.24) is 5.32 Å². The summed E-state index contributed by atoms with van der Waals surface area (Å²) in [5, 5.41) is 2.83. The van der Waals surface area contributed by atoms with E-state index in [1.165, 1.54) is 12.1 Å². The summed E-state index contributed by atoms with van der Waals surface area (Å²) in [5.74, 6) is 0.484. The Balaban J connectivity index is 1.62. The number of amides is 1. The van der Waals surface area contributed by atoms with Crippen molar-refractivity contribution < 1.29 is 13.9 Å². The van der Waals surface area contributed by atoms with Gasteiger partial charge in [0.25, 0.3) is 0 Å². The molecule has 1 amide bonds. The van der Waals surface area contributed by atoms with Crippen molar-refractivity contribution in [1.29, 1.82) is 0 Å². The van der Waals surface area contributed by atoms with E-state index in [9.17, 15) is 9.18 Å². The van der Waals surface area contributed by atoms with Gasteiger partial charge in [0, 0.05) is 6.54 Å². The fourth-order valence-electron chi connectivity index (χ4n) is 2.05. The molecule has 0 aliphatic carbocycles. The number of benzene rings is 2. The molecule has 0 aliphatic heterocycles. The molecule has 0 saturated heterocycles. The minimum Gasteiger partial charge on any atom is -0.494 e. The molecule has 1 N–H and O–H groups in total. The number of hydrogen-bond donors (Lipinski definition) is 1. The van der Waals surface area contributed by atoms with Crippen molar-refractivity contribution in [3.63, 3.8) is 0 Å². The minimum atomic E-state index is -0.294. The predicted molar refractivity (Wildman–Crippen MR) is 84.4 cm³/mol. The summed E-state index contributed by atoms with van der Waals surface area (Å²) in [6.45, 7) is 3.13. The molecule has 2 aromatic carbocycles. The molecule has 2 rings (SSSR count). The number of aryl methyl sites for hydroxylation is 1. The molecule has 116 valence electrons. The van der Waals surface area contributed by atoms with E-state index in [4.69, 9.17) is 4.74 Å². The van der Waals surface area contributed by atoms with E-state index in [-0.39, 0.29) is 18.1 Å². The number of halogens is 1. The highest BCUT2D eigenvalue weighted by Gasteiger charge is 2.03. The van der Waals surface area contributed by atoms with Crippen LogP contribution in [0.4, 0.5) is 4.39 Å². The second-order valence-corrected chi connectivity index (χ2v) is 5.17. The first kappa shape index (κ1) is 16.0. The first-order chi connectivity index (χ1) is 10.6. The highest BCUT2D eigenvalue weighted by atomic mass is 19.1. The van der Waals surface area contributed by atoms with E-state index in [1.54, 1.807) is 12.1 Å². The monoisotopic (exact) mass is 301 g/mol. The second-order valence-electron chi connectivity index (χ2n) is 5.17. The molecule has 4 heteroatoms. The van der Waals surface area contributed by atoms with Crippen molar-refractivity contribution in [3.05, 3.63) is 65.5 Å². The van der Waals surface area contributed by atoms with Gasteiger partial charge in [0.05, 0.1) is 13.0 Å². The third-order valence-electron chi connectivity index (χ3n) is 3.18. The molecule has 0 aromatic heterocycles. The van der Waals surface area contributed by atoms with Gasteiger partial charge in [0.2, 0.25) is 5.91 Å². The van der Waals surface area contributed by atoms with Crippen LogP contribution in [0, 0.1) is 12.7 Å². The molecular formula is C18H20FNO2. The second kappa shape index (κ2) is 8.17. The molecule has 0 heterocycles. The third kappa shape index (κ3) is 5.56. The van der Waals surface area contributed by atoms with Gasteiger partial charge in [-0.25, -0.2) is 4.39 Å².